The van der Waals surface area contributed by atoms with Gasteiger partial charge in [0.1, 0.15) is 9.84 Å². The highest BCUT2D eigenvalue weighted by atomic mass is 32.2. The smallest absolute Gasteiger partial charge is 0.229 e. The Bertz CT molecular complexity index is 673. The van der Waals surface area contributed by atoms with Crippen LogP contribution < -0.4 is 15.5 Å². The molecule has 2 rings (SSSR count). The summed E-state index contributed by atoms with van der Waals surface area (Å²) in [6, 6.07) is 9.45. The van der Waals surface area contributed by atoms with Gasteiger partial charge >= 0.3 is 0 Å². The molecule has 1 aromatic rings. The summed E-state index contributed by atoms with van der Waals surface area (Å²) in [6.07, 6.45) is 1.57. The lowest BCUT2D eigenvalue weighted by Crippen LogP contribution is -2.45. The fraction of sp³-hybridized carbons (Fsp3) is 0.467. The first-order valence-electron chi connectivity index (χ1n) is 7.39. The number of guanidine groups is 1. The minimum absolute atomic E-state index is 0.0352. The molecule has 1 atom stereocenters. The van der Waals surface area contributed by atoms with Gasteiger partial charge in [-0.15, -0.1) is 0 Å². The van der Waals surface area contributed by atoms with Crippen molar-refractivity contribution < 1.29 is 13.2 Å². The van der Waals surface area contributed by atoms with Gasteiger partial charge in [-0.1, -0.05) is 18.2 Å². The fourth-order valence-corrected chi connectivity index (χ4v) is 2.88. The second kappa shape index (κ2) is 7.45. The molecule has 1 saturated heterocycles. The Hall–Kier alpha value is -2.09. The molecule has 0 aliphatic carbocycles. The Morgan fingerprint density at radius 2 is 2.04 bits per heavy atom. The van der Waals surface area contributed by atoms with E-state index in [-0.39, 0.29) is 24.2 Å². The predicted octanol–water partition coefficient (Wildman–Crippen LogP) is 0.00150. The monoisotopic (exact) mass is 338 g/mol. The van der Waals surface area contributed by atoms with E-state index in [0.717, 1.165) is 5.69 Å². The van der Waals surface area contributed by atoms with Crippen LogP contribution in [0.5, 0.6) is 0 Å². The van der Waals surface area contributed by atoms with Crippen molar-refractivity contribution in [2.45, 2.75) is 12.5 Å². The van der Waals surface area contributed by atoms with E-state index in [2.05, 4.69) is 15.6 Å². The van der Waals surface area contributed by atoms with Gasteiger partial charge in [-0.3, -0.25) is 9.79 Å². The average Bonchev–Trinajstić information content (AvgIpc) is 2.86. The van der Waals surface area contributed by atoms with Crippen LogP contribution in [0.4, 0.5) is 5.69 Å². The molecule has 0 bridgehead atoms. The van der Waals surface area contributed by atoms with Gasteiger partial charge in [0.2, 0.25) is 5.91 Å². The van der Waals surface area contributed by atoms with Crippen LogP contribution in [-0.2, 0) is 14.6 Å². The number of carbonyl (C=O) groups excluding carboxylic acids is 1. The number of aliphatic imine (C=N–C) groups is 1. The van der Waals surface area contributed by atoms with E-state index in [1.54, 1.807) is 11.9 Å². The van der Waals surface area contributed by atoms with E-state index in [1.165, 1.54) is 6.26 Å². The number of nitrogens with one attached hydrogen (secondary N) is 2. The topological polar surface area (TPSA) is 90.9 Å². The van der Waals surface area contributed by atoms with E-state index in [9.17, 15) is 13.2 Å². The number of amides is 1. The van der Waals surface area contributed by atoms with Crippen LogP contribution >= 0.6 is 0 Å². The van der Waals surface area contributed by atoms with Gasteiger partial charge in [0, 0.05) is 38.5 Å². The number of rotatable bonds is 5. The van der Waals surface area contributed by atoms with Crippen LogP contribution in [0.1, 0.15) is 6.42 Å². The van der Waals surface area contributed by atoms with E-state index in [0.29, 0.717) is 18.9 Å². The number of benzene rings is 1. The number of para-hydroxylation sites is 1. The largest absolute Gasteiger partial charge is 0.355 e. The number of sulfone groups is 1. The molecule has 7 nitrogen and oxygen atoms in total. The fourth-order valence-electron chi connectivity index (χ4n) is 2.40. The Morgan fingerprint density at radius 3 is 2.65 bits per heavy atom. The summed E-state index contributed by atoms with van der Waals surface area (Å²) in [5, 5.41) is 6.12. The predicted molar refractivity (Wildman–Crippen MR) is 91.4 cm³/mol. The average molecular weight is 338 g/mol. The van der Waals surface area contributed by atoms with Crippen molar-refractivity contribution in [3.05, 3.63) is 30.3 Å². The van der Waals surface area contributed by atoms with Crippen LogP contribution in [0.2, 0.25) is 0 Å². The Morgan fingerprint density at radius 1 is 1.35 bits per heavy atom. The second-order valence-corrected chi connectivity index (χ2v) is 7.77. The lowest BCUT2D eigenvalue weighted by molar-refractivity contribution is -0.117. The van der Waals surface area contributed by atoms with Gasteiger partial charge in [-0.05, 0) is 12.1 Å². The summed E-state index contributed by atoms with van der Waals surface area (Å²) in [5.41, 5.74) is 0.877. The standard InChI is InChI=1S/C15H22N4O3S/c1-16-15(17-8-9-23(2,21)22)18-12-10-14(20)19(11-12)13-6-4-3-5-7-13/h3-7,12H,8-11H2,1-2H3,(H2,16,17,18). The van der Waals surface area contributed by atoms with E-state index >= 15 is 0 Å². The zero-order valence-electron chi connectivity index (χ0n) is 13.3. The van der Waals surface area contributed by atoms with Gasteiger partial charge in [0.25, 0.3) is 0 Å². The highest BCUT2D eigenvalue weighted by Crippen LogP contribution is 2.20. The highest BCUT2D eigenvalue weighted by Gasteiger charge is 2.30. The molecule has 126 valence electrons. The van der Waals surface area contributed by atoms with Gasteiger partial charge in [-0.2, -0.15) is 0 Å². The maximum atomic E-state index is 12.1. The van der Waals surface area contributed by atoms with Gasteiger partial charge in [0.05, 0.1) is 11.8 Å². The molecule has 0 spiro atoms. The Balaban J connectivity index is 1.89. The first kappa shape index (κ1) is 17.3. The Kier molecular flexibility index (Phi) is 5.59. The second-order valence-electron chi connectivity index (χ2n) is 5.51. The van der Waals surface area contributed by atoms with Crippen LogP contribution in [0.25, 0.3) is 0 Å². The first-order valence-corrected chi connectivity index (χ1v) is 9.45. The lowest BCUT2D eigenvalue weighted by atomic mass is 10.2. The molecular formula is C15H22N4O3S. The van der Waals surface area contributed by atoms with Crippen molar-refractivity contribution in [1.29, 1.82) is 0 Å². The van der Waals surface area contributed by atoms with Crippen LogP contribution in [-0.4, -0.2) is 58.5 Å². The zero-order chi connectivity index (χ0) is 16.9. The van der Waals surface area contributed by atoms with Crippen LogP contribution in [0, 0.1) is 0 Å². The first-order chi connectivity index (χ1) is 10.9. The lowest BCUT2D eigenvalue weighted by Gasteiger charge is -2.18. The number of hydrogen-bond acceptors (Lipinski definition) is 4. The van der Waals surface area contributed by atoms with Crippen LogP contribution in [0.15, 0.2) is 35.3 Å². The molecule has 1 heterocycles. The third-order valence-corrected chi connectivity index (χ3v) is 4.47. The summed E-state index contributed by atoms with van der Waals surface area (Å²) in [5.74, 6) is 0.592. The molecule has 1 unspecified atom stereocenters. The molecule has 23 heavy (non-hydrogen) atoms. The molecule has 8 heteroatoms. The quantitative estimate of drug-likeness (QED) is 0.583. The molecule has 0 aromatic heterocycles. The van der Waals surface area contributed by atoms with E-state index < -0.39 is 9.84 Å². The van der Waals surface area contributed by atoms with Crippen molar-refractivity contribution in [3.63, 3.8) is 0 Å². The van der Waals surface area contributed by atoms with Crippen molar-refractivity contribution in [2.24, 2.45) is 4.99 Å². The molecule has 2 N–H and O–H groups in total. The van der Waals surface area contributed by atoms with Crippen molar-refractivity contribution in [3.8, 4) is 0 Å². The van der Waals surface area contributed by atoms with Crippen molar-refractivity contribution >= 4 is 27.4 Å². The third kappa shape index (κ3) is 5.24. The maximum Gasteiger partial charge on any atom is 0.229 e. The minimum Gasteiger partial charge on any atom is -0.355 e. The number of carbonyl (C=O) groups is 1. The minimum atomic E-state index is -3.02. The molecule has 1 amide bonds. The molecule has 1 fully saturated rings. The zero-order valence-corrected chi connectivity index (χ0v) is 14.1. The number of anilines is 1. The molecular weight excluding hydrogens is 316 g/mol. The summed E-state index contributed by atoms with van der Waals surface area (Å²) in [6.45, 7) is 0.831. The van der Waals surface area contributed by atoms with E-state index in [4.69, 9.17) is 0 Å². The van der Waals surface area contributed by atoms with E-state index in [1.807, 2.05) is 30.3 Å². The van der Waals surface area contributed by atoms with Crippen molar-refractivity contribution in [2.75, 3.05) is 37.0 Å². The summed E-state index contributed by atoms with van der Waals surface area (Å²) < 4.78 is 22.3. The molecule has 1 aliphatic heterocycles. The third-order valence-electron chi connectivity index (χ3n) is 3.52. The highest BCUT2D eigenvalue weighted by molar-refractivity contribution is 7.90. The van der Waals surface area contributed by atoms with Crippen molar-refractivity contribution in [1.82, 2.24) is 10.6 Å². The van der Waals surface area contributed by atoms with Gasteiger partial charge in [-0.25, -0.2) is 8.42 Å². The SMILES string of the molecule is CN=C(NCCS(C)(=O)=O)NC1CC(=O)N(c2ccccc2)C1. The molecule has 0 radical (unpaired) electrons. The normalized spacial score (nSPS) is 19.0. The molecule has 1 aliphatic rings. The summed E-state index contributed by atoms with van der Waals surface area (Å²) in [4.78, 5) is 17.9. The maximum absolute atomic E-state index is 12.1. The van der Waals surface area contributed by atoms with Gasteiger partial charge < -0.3 is 15.5 Å². The summed E-state index contributed by atoms with van der Waals surface area (Å²) >= 11 is 0. The van der Waals surface area contributed by atoms with Gasteiger partial charge in [0.15, 0.2) is 5.96 Å². The number of nitrogens with zero attached hydrogens (tertiary/aromatic N) is 2. The summed E-state index contributed by atoms with van der Waals surface area (Å²) in [7, 11) is -1.40. The molecule has 0 saturated carbocycles. The van der Waals surface area contributed by atoms with Crippen LogP contribution in [0.3, 0.4) is 0 Å². The Labute approximate surface area is 136 Å². The number of hydrogen-bond donors (Lipinski definition) is 2. The molecule has 1 aromatic carbocycles.